The third-order valence-corrected chi connectivity index (χ3v) is 4.26. The van der Waals surface area contributed by atoms with Crippen LogP contribution in [0.3, 0.4) is 0 Å². The standard InChI is InChI=1S/C21H21FN2O4/c1-27-17-5-7-18(8-6-17)28-11-10-23-20(25)9-3-15-12-14-2-4-16(22)13-19(14)24-21(15)26/h2,4-8,12-13H,3,9-11H2,1H3,(H,23,25)(H,24,26). The first-order valence-electron chi connectivity index (χ1n) is 8.90. The number of nitrogens with one attached hydrogen (secondary N) is 2. The molecule has 0 aliphatic rings. The molecular weight excluding hydrogens is 363 g/mol. The fraction of sp³-hybridized carbons (Fsp3) is 0.238. The lowest BCUT2D eigenvalue weighted by atomic mass is 10.1. The summed E-state index contributed by atoms with van der Waals surface area (Å²) < 4.78 is 23.8. The predicted molar refractivity (Wildman–Crippen MR) is 104 cm³/mol. The molecule has 7 heteroatoms. The molecular formula is C21H21FN2O4. The van der Waals surface area contributed by atoms with Crippen LogP contribution in [0.5, 0.6) is 11.5 Å². The zero-order valence-corrected chi connectivity index (χ0v) is 15.5. The minimum Gasteiger partial charge on any atom is -0.497 e. The van der Waals surface area contributed by atoms with Gasteiger partial charge in [0.25, 0.3) is 5.56 Å². The van der Waals surface area contributed by atoms with Gasteiger partial charge in [-0.1, -0.05) is 0 Å². The summed E-state index contributed by atoms with van der Waals surface area (Å²) in [5.74, 6) is 0.854. The first-order chi connectivity index (χ1) is 13.5. The van der Waals surface area contributed by atoms with Gasteiger partial charge >= 0.3 is 0 Å². The van der Waals surface area contributed by atoms with Crippen LogP contribution in [0.15, 0.2) is 53.3 Å². The molecule has 28 heavy (non-hydrogen) atoms. The fourth-order valence-electron chi connectivity index (χ4n) is 2.77. The Balaban J connectivity index is 1.45. The van der Waals surface area contributed by atoms with Gasteiger partial charge in [0.15, 0.2) is 0 Å². The molecule has 0 bridgehead atoms. The molecule has 0 saturated carbocycles. The number of halogens is 1. The lowest BCUT2D eigenvalue weighted by Gasteiger charge is -2.08. The number of H-pyrrole nitrogens is 1. The monoisotopic (exact) mass is 384 g/mol. The molecule has 0 spiro atoms. The van der Waals surface area contributed by atoms with Crippen molar-refractivity contribution in [2.75, 3.05) is 20.3 Å². The molecule has 0 unspecified atom stereocenters. The largest absolute Gasteiger partial charge is 0.497 e. The normalized spacial score (nSPS) is 10.6. The molecule has 0 aliphatic heterocycles. The minimum atomic E-state index is -0.410. The average molecular weight is 384 g/mol. The topological polar surface area (TPSA) is 80.4 Å². The molecule has 3 aromatic rings. The average Bonchev–Trinajstić information content (AvgIpc) is 2.70. The van der Waals surface area contributed by atoms with E-state index in [0.717, 1.165) is 11.1 Å². The van der Waals surface area contributed by atoms with Crippen molar-refractivity contribution in [2.45, 2.75) is 12.8 Å². The van der Waals surface area contributed by atoms with Gasteiger partial charge in [0.2, 0.25) is 5.91 Å². The summed E-state index contributed by atoms with van der Waals surface area (Å²) in [7, 11) is 1.59. The molecule has 0 aliphatic carbocycles. The molecule has 0 fully saturated rings. The summed E-state index contributed by atoms with van der Waals surface area (Å²) in [6.45, 7) is 0.693. The van der Waals surface area contributed by atoms with Crippen molar-refractivity contribution in [2.24, 2.45) is 0 Å². The van der Waals surface area contributed by atoms with Crippen molar-refractivity contribution in [1.82, 2.24) is 10.3 Å². The third kappa shape index (κ3) is 5.09. The summed E-state index contributed by atoms with van der Waals surface area (Å²) in [6.07, 6.45) is 0.478. The maximum atomic E-state index is 13.2. The van der Waals surface area contributed by atoms with Crippen LogP contribution >= 0.6 is 0 Å². The summed E-state index contributed by atoms with van der Waals surface area (Å²) in [4.78, 5) is 26.7. The molecule has 1 amide bonds. The molecule has 2 aromatic carbocycles. The van der Waals surface area contributed by atoms with Crippen LogP contribution in [-0.4, -0.2) is 31.2 Å². The van der Waals surface area contributed by atoms with E-state index in [1.165, 1.54) is 12.1 Å². The number of pyridine rings is 1. The zero-order valence-electron chi connectivity index (χ0n) is 15.5. The number of methoxy groups -OCH3 is 1. The van der Waals surface area contributed by atoms with Crippen molar-refractivity contribution in [3.05, 3.63) is 70.3 Å². The maximum absolute atomic E-state index is 13.2. The number of aromatic nitrogens is 1. The second-order valence-corrected chi connectivity index (χ2v) is 6.23. The number of hydrogen-bond donors (Lipinski definition) is 2. The fourth-order valence-corrected chi connectivity index (χ4v) is 2.77. The number of hydrogen-bond acceptors (Lipinski definition) is 4. The zero-order chi connectivity index (χ0) is 19.9. The Morgan fingerprint density at radius 2 is 1.86 bits per heavy atom. The molecule has 0 radical (unpaired) electrons. The molecule has 146 valence electrons. The van der Waals surface area contributed by atoms with Crippen LogP contribution in [-0.2, 0) is 11.2 Å². The van der Waals surface area contributed by atoms with Gasteiger partial charge in [0.05, 0.1) is 19.2 Å². The van der Waals surface area contributed by atoms with E-state index >= 15 is 0 Å². The van der Waals surface area contributed by atoms with Crippen molar-refractivity contribution in [1.29, 1.82) is 0 Å². The van der Waals surface area contributed by atoms with Crippen LogP contribution < -0.4 is 20.3 Å². The molecule has 1 aromatic heterocycles. The number of amides is 1. The molecule has 0 atom stereocenters. The van der Waals surface area contributed by atoms with E-state index in [2.05, 4.69) is 10.3 Å². The number of fused-ring (bicyclic) bond motifs is 1. The highest BCUT2D eigenvalue weighted by Crippen LogP contribution is 2.16. The van der Waals surface area contributed by atoms with Crippen molar-refractivity contribution in [3.63, 3.8) is 0 Å². The molecule has 3 rings (SSSR count). The van der Waals surface area contributed by atoms with Gasteiger partial charge < -0.3 is 19.8 Å². The van der Waals surface area contributed by atoms with Crippen LogP contribution in [0, 0.1) is 5.82 Å². The highest BCUT2D eigenvalue weighted by Gasteiger charge is 2.07. The van der Waals surface area contributed by atoms with Gasteiger partial charge in [-0.3, -0.25) is 9.59 Å². The maximum Gasteiger partial charge on any atom is 0.251 e. The first kappa shape index (κ1) is 19.4. The summed E-state index contributed by atoms with van der Waals surface area (Å²) in [6, 6.07) is 13.1. The van der Waals surface area contributed by atoms with E-state index in [0.29, 0.717) is 36.4 Å². The van der Waals surface area contributed by atoms with Crippen LogP contribution in [0.25, 0.3) is 10.9 Å². The Bertz CT molecular complexity index is 1020. The van der Waals surface area contributed by atoms with Gasteiger partial charge in [0.1, 0.15) is 23.9 Å². The highest BCUT2D eigenvalue weighted by atomic mass is 19.1. The number of rotatable bonds is 8. The van der Waals surface area contributed by atoms with Crippen LogP contribution in [0.2, 0.25) is 0 Å². The van der Waals surface area contributed by atoms with E-state index < -0.39 is 5.82 Å². The molecule has 2 N–H and O–H groups in total. The number of aryl methyl sites for hydroxylation is 1. The van der Waals surface area contributed by atoms with Crippen LogP contribution in [0.1, 0.15) is 12.0 Å². The van der Waals surface area contributed by atoms with Gasteiger partial charge in [0, 0.05) is 12.0 Å². The predicted octanol–water partition coefficient (Wildman–Crippen LogP) is 2.80. The number of ether oxygens (including phenoxy) is 2. The van der Waals surface area contributed by atoms with E-state index in [9.17, 15) is 14.0 Å². The highest BCUT2D eigenvalue weighted by molar-refractivity contribution is 5.79. The summed E-state index contributed by atoms with van der Waals surface area (Å²) >= 11 is 0. The molecule has 1 heterocycles. The Labute approximate surface area is 161 Å². The van der Waals surface area contributed by atoms with E-state index in [1.54, 1.807) is 43.5 Å². The van der Waals surface area contributed by atoms with E-state index in [-0.39, 0.29) is 17.9 Å². The van der Waals surface area contributed by atoms with E-state index in [4.69, 9.17) is 9.47 Å². The van der Waals surface area contributed by atoms with Gasteiger partial charge in [-0.05, 0) is 60.3 Å². The number of benzene rings is 2. The second kappa shape index (κ2) is 9.03. The Kier molecular flexibility index (Phi) is 6.26. The Hall–Kier alpha value is -3.35. The van der Waals surface area contributed by atoms with E-state index in [1.807, 2.05) is 0 Å². The molecule has 0 saturated heterocycles. The SMILES string of the molecule is COc1ccc(OCCNC(=O)CCc2cc3ccc(F)cc3[nH]c2=O)cc1. The van der Waals surface area contributed by atoms with Gasteiger partial charge in [-0.15, -0.1) is 0 Å². The Morgan fingerprint density at radius 1 is 1.11 bits per heavy atom. The van der Waals surface area contributed by atoms with Gasteiger partial charge in [-0.25, -0.2) is 4.39 Å². The summed E-state index contributed by atoms with van der Waals surface area (Å²) in [5.41, 5.74) is 0.617. The number of aromatic amines is 1. The smallest absolute Gasteiger partial charge is 0.251 e. The van der Waals surface area contributed by atoms with Crippen molar-refractivity contribution in [3.8, 4) is 11.5 Å². The second-order valence-electron chi connectivity index (χ2n) is 6.23. The first-order valence-corrected chi connectivity index (χ1v) is 8.90. The number of carbonyl (C=O) groups is 1. The molecule has 6 nitrogen and oxygen atoms in total. The minimum absolute atomic E-state index is 0.170. The third-order valence-electron chi connectivity index (χ3n) is 4.26. The lowest BCUT2D eigenvalue weighted by Crippen LogP contribution is -2.28. The Morgan fingerprint density at radius 3 is 2.61 bits per heavy atom. The number of carbonyl (C=O) groups excluding carboxylic acids is 1. The van der Waals surface area contributed by atoms with Crippen molar-refractivity contribution < 1.29 is 18.7 Å². The van der Waals surface area contributed by atoms with Crippen LogP contribution in [0.4, 0.5) is 4.39 Å². The summed E-state index contributed by atoms with van der Waals surface area (Å²) in [5, 5.41) is 3.49. The van der Waals surface area contributed by atoms with Gasteiger partial charge in [-0.2, -0.15) is 0 Å². The quantitative estimate of drug-likeness (QED) is 0.585. The lowest BCUT2D eigenvalue weighted by molar-refractivity contribution is -0.121. The van der Waals surface area contributed by atoms with Crippen molar-refractivity contribution >= 4 is 16.8 Å².